The van der Waals surface area contributed by atoms with Crippen molar-refractivity contribution in [2.24, 2.45) is 5.92 Å². The first kappa shape index (κ1) is 20.0. The number of unbranched alkanes of at least 4 members (excludes halogenated alkanes) is 1. The average Bonchev–Trinajstić information content (AvgIpc) is 3.12. The van der Waals surface area contributed by atoms with Crippen LogP contribution in [0.15, 0.2) is 16.2 Å². The number of aromatic nitrogens is 2. The Morgan fingerprint density at radius 1 is 1.37 bits per heavy atom. The van der Waals surface area contributed by atoms with Gasteiger partial charge in [0.2, 0.25) is 15.9 Å². The van der Waals surface area contributed by atoms with Gasteiger partial charge in [0.1, 0.15) is 10.7 Å². The van der Waals surface area contributed by atoms with Crippen LogP contribution < -0.4 is 11.0 Å². The quantitative estimate of drug-likeness (QED) is 0.778. The summed E-state index contributed by atoms with van der Waals surface area (Å²) in [5.74, 6) is -0.0291. The van der Waals surface area contributed by atoms with Gasteiger partial charge in [0.25, 0.3) is 5.56 Å². The predicted octanol–water partition coefficient (Wildman–Crippen LogP) is 1.68. The monoisotopic (exact) mass is 412 g/mol. The van der Waals surface area contributed by atoms with Gasteiger partial charge in [-0.2, -0.15) is 0 Å². The molecule has 1 aliphatic rings. The van der Waals surface area contributed by atoms with E-state index in [9.17, 15) is 18.0 Å². The van der Waals surface area contributed by atoms with Crippen molar-refractivity contribution in [3.63, 3.8) is 0 Å². The number of fused-ring (bicyclic) bond motifs is 1. The molecule has 1 aliphatic heterocycles. The van der Waals surface area contributed by atoms with Crippen LogP contribution in [0.4, 0.5) is 0 Å². The summed E-state index contributed by atoms with van der Waals surface area (Å²) in [5, 5.41) is 2.27. The molecule has 1 amide bonds. The minimum Gasteiger partial charge on any atom is -0.273 e. The smallest absolute Gasteiger partial charge is 0.273 e. The number of amides is 1. The highest BCUT2D eigenvalue weighted by molar-refractivity contribution is 7.89. The van der Waals surface area contributed by atoms with Gasteiger partial charge in [0, 0.05) is 19.0 Å². The number of thiophene rings is 1. The molecular formula is C17H24N4O4S2. The minimum atomic E-state index is -3.25. The zero-order valence-electron chi connectivity index (χ0n) is 15.5. The van der Waals surface area contributed by atoms with Gasteiger partial charge in [-0.1, -0.05) is 13.3 Å². The molecule has 1 N–H and O–H groups in total. The SMILES string of the molecule is CCCCS(=O)(=O)N1CCC(C(=O)Nn2c(C)nc3sccc3c2=O)CC1. The van der Waals surface area contributed by atoms with Crippen molar-refractivity contribution in [1.29, 1.82) is 0 Å². The molecule has 2 aromatic heterocycles. The maximum Gasteiger partial charge on any atom is 0.281 e. The second-order valence-electron chi connectivity index (χ2n) is 6.76. The summed E-state index contributed by atoms with van der Waals surface area (Å²) < 4.78 is 27.2. The maximum atomic E-state index is 12.6. The lowest BCUT2D eigenvalue weighted by Gasteiger charge is -2.30. The fourth-order valence-electron chi connectivity index (χ4n) is 3.20. The molecule has 0 aliphatic carbocycles. The molecule has 3 heterocycles. The van der Waals surface area contributed by atoms with Crippen molar-refractivity contribution in [2.75, 3.05) is 24.3 Å². The number of piperidine rings is 1. The van der Waals surface area contributed by atoms with Gasteiger partial charge in [-0.15, -0.1) is 11.3 Å². The summed E-state index contributed by atoms with van der Waals surface area (Å²) in [6, 6.07) is 1.69. The number of rotatable bonds is 6. The highest BCUT2D eigenvalue weighted by Crippen LogP contribution is 2.21. The van der Waals surface area contributed by atoms with Crippen LogP contribution in [0.1, 0.15) is 38.4 Å². The summed E-state index contributed by atoms with van der Waals surface area (Å²) >= 11 is 1.38. The Hall–Kier alpha value is -1.78. The molecule has 0 unspecified atom stereocenters. The summed E-state index contributed by atoms with van der Waals surface area (Å²) in [5.41, 5.74) is 2.36. The number of nitrogens with one attached hydrogen (secondary N) is 1. The van der Waals surface area contributed by atoms with Gasteiger partial charge in [0.15, 0.2) is 0 Å². The normalized spacial score (nSPS) is 16.7. The van der Waals surface area contributed by atoms with Crippen LogP contribution in [0.3, 0.4) is 0 Å². The van der Waals surface area contributed by atoms with Crippen molar-refractivity contribution in [3.8, 4) is 0 Å². The zero-order chi connectivity index (χ0) is 19.6. The molecule has 0 radical (unpaired) electrons. The standard InChI is InChI=1S/C17H24N4O4S2/c1-3-4-11-27(24,25)20-8-5-13(6-9-20)15(22)19-21-12(2)18-16-14(17(21)23)7-10-26-16/h7,10,13H,3-6,8-9,11H2,1-2H3,(H,19,22). The number of nitrogens with zero attached hydrogens (tertiary/aromatic N) is 3. The van der Waals surface area contributed by atoms with E-state index in [1.807, 2.05) is 6.92 Å². The summed E-state index contributed by atoms with van der Waals surface area (Å²) in [7, 11) is -3.25. The molecule has 10 heteroatoms. The van der Waals surface area contributed by atoms with E-state index in [-0.39, 0.29) is 23.1 Å². The molecule has 0 atom stereocenters. The van der Waals surface area contributed by atoms with E-state index in [4.69, 9.17) is 0 Å². The van der Waals surface area contributed by atoms with Crippen molar-refractivity contribution in [2.45, 2.75) is 39.5 Å². The Bertz CT molecular complexity index is 988. The second kappa shape index (κ2) is 8.07. The third kappa shape index (κ3) is 4.22. The fourth-order valence-corrected chi connectivity index (χ4v) is 5.68. The summed E-state index contributed by atoms with van der Waals surface area (Å²) in [4.78, 5) is 30.1. The first-order chi connectivity index (χ1) is 12.8. The van der Waals surface area contributed by atoms with Crippen molar-refractivity contribution < 1.29 is 13.2 Å². The first-order valence-corrected chi connectivity index (χ1v) is 11.6. The molecule has 0 bridgehead atoms. The third-order valence-electron chi connectivity index (χ3n) is 4.86. The van der Waals surface area contributed by atoms with Gasteiger partial charge in [-0.3, -0.25) is 15.0 Å². The summed E-state index contributed by atoms with van der Waals surface area (Å²) in [6.45, 7) is 4.29. The van der Waals surface area contributed by atoms with E-state index in [1.54, 1.807) is 18.4 Å². The van der Waals surface area contributed by atoms with Crippen LogP contribution in [0.5, 0.6) is 0 Å². The lowest BCUT2D eigenvalue weighted by Crippen LogP contribution is -2.44. The molecule has 148 valence electrons. The minimum absolute atomic E-state index is 0.154. The van der Waals surface area contributed by atoms with Gasteiger partial charge in [-0.25, -0.2) is 22.4 Å². The molecule has 2 aromatic rings. The van der Waals surface area contributed by atoms with Crippen LogP contribution in [-0.4, -0.2) is 47.1 Å². The number of carbonyl (C=O) groups excluding carboxylic acids is 1. The van der Waals surface area contributed by atoms with E-state index in [0.29, 0.717) is 48.4 Å². The van der Waals surface area contributed by atoms with Gasteiger partial charge in [0.05, 0.1) is 11.1 Å². The number of sulfonamides is 1. The Morgan fingerprint density at radius 2 is 2.07 bits per heavy atom. The third-order valence-corrected chi connectivity index (χ3v) is 7.62. The molecule has 27 heavy (non-hydrogen) atoms. The number of carbonyl (C=O) groups is 1. The van der Waals surface area contributed by atoms with Crippen LogP contribution in [0.25, 0.3) is 10.2 Å². The largest absolute Gasteiger partial charge is 0.281 e. The zero-order valence-corrected chi connectivity index (χ0v) is 17.1. The van der Waals surface area contributed by atoms with Crippen LogP contribution >= 0.6 is 11.3 Å². The van der Waals surface area contributed by atoms with E-state index in [2.05, 4.69) is 10.4 Å². The van der Waals surface area contributed by atoms with E-state index in [1.165, 1.54) is 20.3 Å². The summed E-state index contributed by atoms with van der Waals surface area (Å²) in [6.07, 6.45) is 2.36. The lowest BCUT2D eigenvalue weighted by molar-refractivity contribution is -0.121. The van der Waals surface area contributed by atoms with Gasteiger partial charge in [-0.05, 0) is 37.6 Å². The number of hydrogen-bond donors (Lipinski definition) is 1. The second-order valence-corrected chi connectivity index (χ2v) is 9.74. The van der Waals surface area contributed by atoms with Gasteiger partial charge >= 0.3 is 0 Å². The van der Waals surface area contributed by atoms with E-state index in [0.717, 1.165) is 6.42 Å². The lowest BCUT2D eigenvalue weighted by atomic mass is 9.98. The molecular weight excluding hydrogens is 388 g/mol. The average molecular weight is 413 g/mol. The van der Waals surface area contributed by atoms with Crippen molar-refractivity contribution in [3.05, 3.63) is 27.6 Å². The Kier molecular flexibility index (Phi) is 5.97. The predicted molar refractivity (Wildman–Crippen MR) is 106 cm³/mol. The molecule has 0 aromatic carbocycles. The number of aryl methyl sites for hydroxylation is 1. The molecule has 3 rings (SSSR count). The topological polar surface area (TPSA) is 101 Å². The molecule has 1 fully saturated rings. The van der Waals surface area contributed by atoms with Crippen LogP contribution in [0, 0.1) is 12.8 Å². The van der Waals surface area contributed by atoms with Crippen LogP contribution in [0.2, 0.25) is 0 Å². The molecule has 0 spiro atoms. The maximum absolute atomic E-state index is 12.6. The molecule has 8 nitrogen and oxygen atoms in total. The van der Waals surface area contributed by atoms with E-state index >= 15 is 0 Å². The van der Waals surface area contributed by atoms with Crippen molar-refractivity contribution in [1.82, 2.24) is 14.0 Å². The highest BCUT2D eigenvalue weighted by atomic mass is 32.2. The molecule has 0 saturated carbocycles. The van der Waals surface area contributed by atoms with Gasteiger partial charge < -0.3 is 0 Å². The Labute approximate surface area is 162 Å². The molecule has 1 saturated heterocycles. The fraction of sp³-hybridized carbons (Fsp3) is 0.588. The van der Waals surface area contributed by atoms with Crippen LogP contribution in [-0.2, 0) is 14.8 Å². The highest BCUT2D eigenvalue weighted by Gasteiger charge is 2.31. The number of hydrogen-bond acceptors (Lipinski definition) is 6. The van der Waals surface area contributed by atoms with Crippen molar-refractivity contribution >= 4 is 37.5 Å². The Balaban J connectivity index is 1.66. The Morgan fingerprint density at radius 3 is 2.74 bits per heavy atom. The first-order valence-electron chi connectivity index (χ1n) is 9.09. The van der Waals surface area contributed by atoms with E-state index < -0.39 is 10.0 Å².